The largest absolute Gasteiger partial charge is 0.380 e. The molecule has 0 N–H and O–H groups in total. The van der Waals surface area contributed by atoms with E-state index in [1.165, 1.54) is 25.7 Å². The van der Waals surface area contributed by atoms with Gasteiger partial charge in [-0.05, 0) is 25.7 Å². The zero-order chi connectivity index (χ0) is 7.03. The Labute approximate surface area is 75.7 Å². The zero-order valence-corrected chi connectivity index (χ0v) is 8.26. The van der Waals surface area contributed by atoms with Gasteiger partial charge < -0.3 is 4.74 Å². The standard InChI is InChI=1S/C8H13IO/c9-7-1-3-8(4-2-7)5-10-6-8/h7H,1-6H2. The molecule has 0 amide bonds. The van der Waals surface area contributed by atoms with Crippen LogP contribution in [-0.4, -0.2) is 17.1 Å². The summed E-state index contributed by atoms with van der Waals surface area (Å²) in [6.45, 7) is 2.10. The second kappa shape index (κ2) is 2.63. The van der Waals surface area contributed by atoms with Crippen LogP contribution in [0.4, 0.5) is 0 Å². The highest BCUT2D eigenvalue weighted by atomic mass is 127. The van der Waals surface area contributed by atoms with Crippen LogP contribution in [0.2, 0.25) is 0 Å². The first kappa shape index (κ1) is 7.35. The van der Waals surface area contributed by atoms with Crippen molar-refractivity contribution < 1.29 is 4.74 Å². The van der Waals surface area contributed by atoms with Crippen LogP contribution >= 0.6 is 22.6 Å². The topological polar surface area (TPSA) is 9.23 Å². The summed E-state index contributed by atoms with van der Waals surface area (Å²) in [6, 6.07) is 0. The van der Waals surface area contributed by atoms with Crippen molar-refractivity contribution in [1.82, 2.24) is 0 Å². The maximum absolute atomic E-state index is 5.25. The first-order valence-corrected chi connectivity index (χ1v) is 5.27. The summed E-state index contributed by atoms with van der Waals surface area (Å²) < 4.78 is 6.20. The summed E-state index contributed by atoms with van der Waals surface area (Å²) >= 11 is 2.57. The predicted octanol–water partition coefficient (Wildman–Crippen LogP) is 2.38. The van der Waals surface area contributed by atoms with Gasteiger partial charge in [-0.1, -0.05) is 22.6 Å². The molecule has 0 aromatic rings. The number of rotatable bonds is 0. The van der Waals surface area contributed by atoms with Crippen LogP contribution in [0.15, 0.2) is 0 Å². The van der Waals surface area contributed by atoms with E-state index in [1.54, 1.807) is 0 Å². The zero-order valence-electron chi connectivity index (χ0n) is 6.11. The van der Waals surface area contributed by atoms with Crippen molar-refractivity contribution in [1.29, 1.82) is 0 Å². The highest BCUT2D eigenvalue weighted by molar-refractivity contribution is 14.1. The molecule has 2 fully saturated rings. The molecule has 1 nitrogen and oxygen atoms in total. The predicted molar refractivity (Wildman–Crippen MR) is 49.5 cm³/mol. The number of alkyl halides is 1. The highest BCUT2D eigenvalue weighted by Gasteiger charge is 2.40. The van der Waals surface area contributed by atoms with E-state index in [4.69, 9.17) is 4.74 Å². The van der Waals surface area contributed by atoms with E-state index < -0.39 is 0 Å². The van der Waals surface area contributed by atoms with Crippen molar-refractivity contribution in [3.05, 3.63) is 0 Å². The van der Waals surface area contributed by atoms with Gasteiger partial charge in [0.25, 0.3) is 0 Å². The molecule has 2 aliphatic rings. The minimum absolute atomic E-state index is 0.654. The molecule has 2 rings (SSSR count). The smallest absolute Gasteiger partial charge is 0.0544 e. The minimum atomic E-state index is 0.654. The summed E-state index contributed by atoms with van der Waals surface area (Å²) in [5, 5.41) is 0. The van der Waals surface area contributed by atoms with E-state index in [2.05, 4.69) is 22.6 Å². The Balaban J connectivity index is 1.90. The number of hydrogen-bond acceptors (Lipinski definition) is 1. The quantitative estimate of drug-likeness (QED) is 0.475. The molecule has 0 unspecified atom stereocenters. The number of hydrogen-bond donors (Lipinski definition) is 0. The van der Waals surface area contributed by atoms with Crippen LogP contribution in [0.1, 0.15) is 25.7 Å². The monoisotopic (exact) mass is 252 g/mol. The van der Waals surface area contributed by atoms with Crippen molar-refractivity contribution in [3.63, 3.8) is 0 Å². The van der Waals surface area contributed by atoms with E-state index in [9.17, 15) is 0 Å². The van der Waals surface area contributed by atoms with Gasteiger partial charge in [0.05, 0.1) is 13.2 Å². The lowest BCUT2D eigenvalue weighted by Crippen LogP contribution is -2.45. The summed E-state index contributed by atoms with van der Waals surface area (Å²) in [5.74, 6) is 0. The van der Waals surface area contributed by atoms with E-state index in [0.717, 1.165) is 17.1 Å². The Morgan fingerprint density at radius 1 is 1.20 bits per heavy atom. The molecule has 1 saturated carbocycles. The Morgan fingerprint density at radius 3 is 2.20 bits per heavy atom. The summed E-state index contributed by atoms with van der Waals surface area (Å²) in [4.78, 5) is 0. The molecule has 0 aromatic carbocycles. The average molecular weight is 252 g/mol. The minimum Gasteiger partial charge on any atom is -0.380 e. The van der Waals surface area contributed by atoms with Crippen molar-refractivity contribution in [3.8, 4) is 0 Å². The Kier molecular flexibility index (Phi) is 1.93. The second-order valence-electron chi connectivity index (χ2n) is 3.67. The van der Waals surface area contributed by atoms with Gasteiger partial charge in [0.2, 0.25) is 0 Å². The van der Waals surface area contributed by atoms with E-state index in [1.807, 2.05) is 0 Å². The lowest BCUT2D eigenvalue weighted by Gasteiger charge is -2.45. The highest BCUT2D eigenvalue weighted by Crippen LogP contribution is 2.43. The summed E-state index contributed by atoms with van der Waals surface area (Å²) in [6.07, 6.45) is 5.68. The van der Waals surface area contributed by atoms with E-state index >= 15 is 0 Å². The van der Waals surface area contributed by atoms with Gasteiger partial charge in [0.1, 0.15) is 0 Å². The molecule has 0 atom stereocenters. The molecule has 0 aromatic heterocycles. The van der Waals surface area contributed by atoms with Gasteiger partial charge in [-0.2, -0.15) is 0 Å². The first-order valence-electron chi connectivity index (χ1n) is 4.03. The van der Waals surface area contributed by atoms with Crippen LogP contribution < -0.4 is 0 Å². The van der Waals surface area contributed by atoms with Crippen LogP contribution in [0.5, 0.6) is 0 Å². The Hall–Kier alpha value is 0.690. The van der Waals surface area contributed by atoms with Gasteiger partial charge in [0, 0.05) is 9.34 Å². The molecule has 0 radical (unpaired) electrons. The fraction of sp³-hybridized carbons (Fsp3) is 1.00. The molecule has 0 bridgehead atoms. The molecule has 1 saturated heterocycles. The number of halogens is 1. The third-order valence-corrected chi connectivity index (χ3v) is 4.04. The van der Waals surface area contributed by atoms with Crippen molar-refractivity contribution in [2.24, 2.45) is 5.41 Å². The van der Waals surface area contributed by atoms with Crippen LogP contribution in [0, 0.1) is 5.41 Å². The summed E-state index contributed by atoms with van der Waals surface area (Å²) in [5.41, 5.74) is 0.654. The van der Waals surface area contributed by atoms with Crippen LogP contribution in [-0.2, 0) is 4.74 Å². The lowest BCUT2D eigenvalue weighted by atomic mass is 9.73. The van der Waals surface area contributed by atoms with Gasteiger partial charge in [-0.25, -0.2) is 0 Å². The molecule has 58 valence electrons. The molecule has 1 aliphatic heterocycles. The van der Waals surface area contributed by atoms with Crippen molar-refractivity contribution in [2.75, 3.05) is 13.2 Å². The lowest BCUT2D eigenvalue weighted by molar-refractivity contribution is -0.129. The Morgan fingerprint density at radius 2 is 1.80 bits per heavy atom. The first-order chi connectivity index (χ1) is 4.81. The van der Waals surface area contributed by atoms with Crippen LogP contribution in [0.25, 0.3) is 0 Å². The molecular weight excluding hydrogens is 239 g/mol. The third kappa shape index (κ3) is 1.20. The van der Waals surface area contributed by atoms with Gasteiger partial charge in [0.15, 0.2) is 0 Å². The Bertz CT molecular complexity index is 121. The normalized spacial score (nSPS) is 32.1. The SMILES string of the molecule is IC1CCC2(CC1)COC2. The molecule has 2 heteroatoms. The average Bonchev–Trinajstić information content (AvgIpc) is 1.86. The van der Waals surface area contributed by atoms with Gasteiger partial charge in [-0.3, -0.25) is 0 Å². The fourth-order valence-corrected chi connectivity index (χ4v) is 2.50. The van der Waals surface area contributed by atoms with E-state index in [-0.39, 0.29) is 0 Å². The fourth-order valence-electron chi connectivity index (χ4n) is 1.87. The van der Waals surface area contributed by atoms with Crippen molar-refractivity contribution >= 4 is 22.6 Å². The maximum Gasteiger partial charge on any atom is 0.0544 e. The molecule has 1 aliphatic carbocycles. The van der Waals surface area contributed by atoms with Crippen molar-refractivity contribution in [2.45, 2.75) is 29.6 Å². The van der Waals surface area contributed by atoms with E-state index in [0.29, 0.717) is 5.41 Å². The van der Waals surface area contributed by atoms with Crippen LogP contribution in [0.3, 0.4) is 0 Å². The molecule has 1 spiro atoms. The molecular formula is C8H13IO. The number of ether oxygens (including phenoxy) is 1. The third-order valence-electron chi connectivity index (χ3n) is 2.79. The molecule has 1 heterocycles. The summed E-state index contributed by atoms with van der Waals surface area (Å²) in [7, 11) is 0. The van der Waals surface area contributed by atoms with Gasteiger partial charge in [-0.15, -0.1) is 0 Å². The maximum atomic E-state index is 5.25. The second-order valence-corrected chi connectivity index (χ2v) is 5.43. The molecule has 10 heavy (non-hydrogen) atoms. The van der Waals surface area contributed by atoms with Gasteiger partial charge >= 0.3 is 0 Å².